The van der Waals surface area contributed by atoms with Crippen molar-refractivity contribution in [2.75, 3.05) is 0 Å². The molecule has 0 atom stereocenters. The van der Waals surface area contributed by atoms with Gasteiger partial charge in [0.25, 0.3) is 5.52 Å². The molecule has 2 heterocycles. The highest BCUT2D eigenvalue weighted by Gasteiger charge is 2.23. The van der Waals surface area contributed by atoms with Gasteiger partial charge in [0.15, 0.2) is 11.2 Å². The maximum absolute atomic E-state index is 12.9. The molecule has 8 heteroatoms. The zero-order chi connectivity index (χ0) is 16.0. The maximum atomic E-state index is 12.9. The number of nitrogens with zero attached hydrogens (tertiary/aromatic N) is 3. The second kappa shape index (κ2) is 6.35. The summed E-state index contributed by atoms with van der Waals surface area (Å²) in [7, 11) is 0. The van der Waals surface area contributed by atoms with E-state index in [0.29, 0.717) is 27.3 Å². The summed E-state index contributed by atoms with van der Waals surface area (Å²) in [4.78, 5) is 17.4. The molecule has 0 aliphatic carbocycles. The fraction of sp³-hybridized carbons (Fsp3) is 0.0625. The summed E-state index contributed by atoms with van der Waals surface area (Å²) in [5.41, 5.74) is 3.45. The second-order valence-electron chi connectivity index (χ2n) is 5.08. The molecule has 0 unspecified atom stereocenters. The standard InChI is InChI=1S/C16H10BrClN4O.H2O/c17-9-13-15-16(23)21(11-7-5-10(18)6-8-11)20-22(15)14-4-2-1-3-12(14)19-13;/h1-8H,9H2;1H2. The van der Waals surface area contributed by atoms with E-state index >= 15 is 0 Å². The number of hydrogen-bond acceptors (Lipinski definition) is 3. The molecule has 0 saturated heterocycles. The lowest BCUT2D eigenvalue weighted by Crippen LogP contribution is -2.28. The van der Waals surface area contributed by atoms with Crippen LogP contribution in [-0.4, -0.2) is 20.4 Å². The average Bonchev–Trinajstić information content (AvgIpc) is 2.93. The van der Waals surface area contributed by atoms with Crippen molar-refractivity contribution in [2.24, 2.45) is 0 Å². The lowest BCUT2D eigenvalue weighted by molar-refractivity contribution is -0.556. The van der Waals surface area contributed by atoms with Crippen LogP contribution in [0.3, 0.4) is 0 Å². The van der Waals surface area contributed by atoms with E-state index in [9.17, 15) is 4.79 Å². The van der Waals surface area contributed by atoms with Crippen molar-refractivity contribution in [1.29, 1.82) is 0 Å². The number of fused-ring (bicyclic) bond motifs is 3. The molecule has 2 aromatic carbocycles. The van der Waals surface area contributed by atoms with Crippen molar-refractivity contribution in [1.82, 2.24) is 14.9 Å². The Kier molecular flexibility index (Phi) is 4.40. The zero-order valence-electron chi connectivity index (χ0n) is 12.3. The molecule has 0 amide bonds. The number of nitrogens with one attached hydrogen (secondary N) is 1. The number of hydrogen-bond donors (Lipinski definition) is 1. The summed E-state index contributed by atoms with van der Waals surface area (Å²) in [6.07, 6.45) is 0. The van der Waals surface area contributed by atoms with Gasteiger partial charge in [0, 0.05) is 5.02 Å². The Bertz CT molecular complexity index is 1090. The van der Waals surface area contributed by atoms with Gasteiger partial charge in [-0.1, -0.05) is 49.6 Å². The molecule has 0 fully saturated rings. The third-order valence-electron chi connectivity index (χ3n) is 3.69. The number of para-hydroxylation sites is 2. The third kappa shape index (κ3) is 2.50. The molecular weight excluding hydrogens is 396 g/mol. The van der Waals surface area contributed by atoms with Crippen LogP contribution in [0.1, 0.15) is 5.69 Å². The highest BCUT2D eigenvalue weighted by molar-refractivity contribution is 9.08. The quantitative estimate of drug-likeness (QED) is 0.409. The summed E-state index contributed by atoms with van der Waals surface area (Å²) in [5, 5.41) is 4.25. The third-order valence-corrected chi connectivity index (χ3v) is 4.48. The molecule has 0 aliphatic heterocycles. The van der Waals surface area contributed by atoms with Gasteiger partial charge in [-0.3, -0.25) is 0 Å². The fourth-order valence-corrected chi connectivity index (χ4v) is 3.15. The highest BCUT2D eigenvalue weighted by Crippen LogP contribution is 2.14. The number of halogens is 2. The van der Waals surface area contributed by atoms with Crippen molar-refractivity contribution in [3.05, 3.63) is 69.6 Å². The van der Waals surface area contributed by atoms with E-state index in [2.05, 4.69) is 26.1 Å². The van der Waals surface area contributed by atoms with Gasteiger partial charge in [-0.25, -0.2) is 9.78 Å². The SMILES string of the molecule is O=c1c2c(CBr)nc3ccccc3[n+]2[nH]n1-c1ccc(Cl)cc1.[OH-]. The van der Waals surface area contributed by atoms with Crippen molar-refractivity contribution < 1.29 is 9.99 Å². The van der Waals surface area contributed by atoms with E-state index in [1.165, 1.54) is 4.68 Å². The molecule has 0 aliphatic rings. The molecule has 2 aromatic heterocycles. The van der Waals surface area contributed by atoms with Gasteiger partial charge in [-0.05, 0) is 36.4 Å². The first-order valence-corrected chi connectivity index (χ1v) is 8.45. The first-order valence-electron chi connectivity index (χ1n) is 6.95. The molecule has 122 valence electrons. The first kappa shape index (κ1) is 16.6. The Morgan fingerprint density at radius 2 is 1.88 bits per heavy atom. The Morgan fingerprint density at radius 3 is 2.58 bits per heavy atom. The van der Waals surface area contributed by atoms with Gasteiger partial charge >= 0.3 is 5.56 Å². The Hall–Kier alpha value is -2.22. The predicted molar refractivity (Wildman–Crippen MR) is 94.4 cm³/mol. The zero-order valence-corrected chi connectivity index (χ0v) is 14.6. The van der Waals surface area contributed by atoms with Crippen LogP contribution in [0.4, 0.5) is 0 Å². The van der Waals surface area contributed by atoms with Crippen molar-refractivity contribution in [2.45, 2.75) is 5.33 Å². The van der Waals surface area contributed by atoms with E-state index in [4.69, 9.17) is 11.6 Å². The van der Waals surface area contributed by atoms with Gasteiger partial charge in [0.1, 0.15) is 11.2 Å². The molecule has 0 spiro atoms. The molecule has 2 N–H and O–H groups in total. The number of alkyl halides is 1. The number of H-pyrrole nitrogens is 1. The first-order chi connectivity index (χ1) is 11.2. The molecule has 0 saturated carbocycles. The lowest BCUT2D eigenvalue weighted by Gasteiger charge is -1.98. The van der Waals surface area contributed by atoms with Crippen LogP contribution < -0.4 is 10.1 Å². The summed E-state index contributed by atoms with van der Waals surface area (Å²) >= 11 is 9.34. The van der Waals surface area contributed by atoms with Crippen LogP contribution in [0.25, 0.3) is 22.2 Å². The van der Waals surface area contributed by atoms with Crippen LogP contribution >= 0.6 is 27.5 Å². The van der Waals surface area contributed by atoms with Crippen LogP contribution in [0.2, 0.25) is 5.02 Å². The smallest absolute Gasteiger partial charge is 0.408 e. The van der Waals surface area contributed by atoms with Crippen LogP contribution in [0.5, 0.6) is 0 Å². The second-order valence-corrected chi connectivity index (χ2v) is 6.08. The van der Waals surface area contributed by atoms with Gasteiger partial charge in [-0.15, -0.1) is 4.52 Å². The Balaban J connectivity index is 0.00000169. The van der Waals surface area contributed by atoms with E-state index in [-0.39, 0.29) is 11.0 Å². The van der Waals surface area contributed by atoms with Crippen molar-refractivity contribution in [3.63, 3.8) is 0 Å². The van der Waals surface area contributed by atoms with Crippen LogP contribution in [0.15, 0.2) is 53.3 Å². The molecule has 0 radical (unpaired) electrons. The number of rotatable bonds is 2. The minimum atomic E-state index is -0.153. The monoisotopic (exact) mass is 406 g/mol. The van der Waals surface area contributed by atoms with Crippen LogP contribution in [0, 0.1) is 0 Å². The minimum Gasteiger partial charge on any atom is -0.870 e. The lowest BCUT2D eigenvalue weighted by atomic mass is 10.2. The Labute approximate surface area is 149 Å². The van der Waals surface area contributed by atoms with E-state index < -0.39 is 0 Å². The van der Waals surface area contributed by atoms with Gasteiger partial charge < -0.3 is 5.48 Å². The molecule has 6 nitrogen and oxygen atoms in total. The predicted octanol–water partition coefficient (Wildman–Crippen LogP) is 2.82. The fourth-order valence-electron chi connectivity index (χ4n) is 2.63. The molecule has 4 aromatic rings. The summed E-state index contributed by atoms with van der Waals surface area (Å²) in [6, 6.07) is 14.8. The number of benzene rings is 2. The maximum Gasteiger partial charge on any atom is 0.408 e. The van der Waals surface area contributed by atoms with Gasteiger partial charge in [0.2, 0.25) is 0 Å². The van der Waals surface area contributed by atoms with Crippen molar-refractivity contribution in [3.8, 4) is 5.69 Å². The van der Waals surface area contributed by atoms with Crippen LogP contribution in [-0.2, 0) is 5.33 Å². The minimum absolute atomic E-state index is 0. The number of aromatic nitrogens is 4. The number of aromatic amines is 1. The average molecular weight is 408 g/mol. The summed E-state index contributed by atoms with van der Waals surface area (Å²) in [5.74, 6) is 0. The van der Waals surface area contributed by atoms with E-state index in [1.807, 2.05) is 24.3 Å². The van der Waals surface area contributed by atoms with Gasteiger partial charge in [0.05, 0.1) is 5.33 Å². The molecule has 0 bridgehead atoms. The highest BCUT2D eigenvalue weighted by atomic mass is 79.9. The molecular formula is C16H12BrClN4O2. The Morgan fingerprint density at radius 1 is 1.17 bits per heavy atom. The largest absolute Gasteiger partial charge is 0.870 e. The van der Waals surface area contributed by atoms with Gasteiger partial charge in [-0.2, -0.15) is 0 Å². The van der Waals surface area contributed by atoms with E-state index in [0.717, 1.165) is 11.0 Å². The normalized spacial score (nSPS) is 10.9. The summed E-state index contributed by atoms with van der Waals surface area (Å²) < 4.78 is 3.27. The van der Waals surface area contributed by atoms with Crippen molar-refractivity contribution >= 4 is 44.1 Å². The molecule has 24 heavy (non-hydrogen) atoms. The van der Waals surface area contributed by atoms with E-state index in [1.54, 1.807) is 28.8 Å². The summed E-state index contributed by atoms with van der Waals surface area (Å²) in [6.45, 7) is 0. The topological polar surface area (TPSA) is 84.8 Å². The molecule has 4 rings (SSSR count).